The molecule has 0 aliphatic rings. The van der Waals surface area contributed by atoms with Gasteiger partial charge in [-0.25, -0.2) is 0 Å². The fraction of sp³-hybridized carbons (Fsp3) is 0.286. The van der Waals surface area contributed by atoms with Crippen LogP contribution in [0.5, 0.6) is 0 Å². The molecule has 2 heteroatoms. The van der Waals surface area contributed by atoms with Crippen molar-refractivity contribution < 1.29 is 0 Å². The van der Waals surface area contributed by atoms with Gasteiger partial charge < -0.3 is 11.5 Å². The number of benzene rings is 2. The maximum atomic E-state index is 5.66. The molecular formula is C14H22N2. The molecule has 0 bridgehead atoms. The molecule has 0 unspecified atom stereocenters. The molecule has 2 nitrogen and oxygen atoms in total. The third-order valence-corrected chi connectivity index (χ3v) is 1.95. The van der Waals surface area contributed by atoms with Gasteiger partial charge in [-0.15, -0.1) is 0 Å². The van der Waals surface area contributed by atoms with Crippen molar-refractivity contribution in [3.63, 3.8) is 0 Å². The van der Waals surface area contributed by atoms with Crippen LogP contribution in [0.2, 0.25) is 0 Å². The minimum atomic E-state index is 0.647. The number of fused-ring (bicyclic) bond motifs is 1. The van der Waals surface area contributed by atoms with E-state index in [0.717, 1.165) is 10.8 Å². The molecule has 2 aromatic carbocycles. The number of nitrogens with two attached hydrogens (primary N) is 2. The van der Waals surface area contributed by atoms with Crippen molar-refractivity contribution in [1.29, 1.82) is 0 Å². The molecule has 0 atom stereocenters. The summed E-state index contributed by atoms with van der Waals surface area (Å²) in [7, 11) is 0. The molecule has 2 aromatic rings. The van der Waals surface area contributed by atoms with Crippen LogP contribution in [0.15, 0.2) is 36.4 Å². The molecule has 0 aliphatic heterocycles. The summed E-state index contributed by atoms with van der Waals surface area (Å²) in [4.78, 5) is 0. The lowest BCUT2D eigenvalue weighted by molar-refractivity contribution is 1.50. The lowest BCUT2D eigenvalue weighted by Crippen LogP contribution is -1.93. The minimum absolute atomic E-state index is 0.647. The molecule has 2 rings (SSSR count). The van der Waals surface area contributed by atoms with Crippen LogP contribution in [0.1, 0.15) is 27.7 Å². The third kappa shape index (κ3) is 3.46. The Morgan fingerprint density at radius 2 is 1.00 bits per heavy atom. The average molecular weight is 218 g/mol. The van der Waals surface area contributed by atoms with Crippen LogP contribution in [-0.2, 0) is 0 Å². The van der Waals surface area contributed by atoms with E-state index in [1.165, 1.54) is 0 Å². The molecule has 0 aromatic heterocycles. The molecule has 0 saturated heterocycles. The molecule has 0 amide bonds. The quantitative estimate of drug-likeness (QED) is 0.655. The highest BCUT2D eigenvalue weighted by atomic mass is 14.7. The van der Waals surface area contributed by atoms with Crippen LogP contribution < -0.4 is 11.5 Å². The van der Waals surface area contributed by atoms with Gasteiger partial charge in [-0.1, -0.05) is 52.0 Å². The fourth-order valence-corrected chi connectivity index (χ4v) is 1.28. The first-order valence-electron chi connectivity index (χ1n) is 5.81. The van der Waals surface area contributed by atoms with Crippen molar-refractivity contribution in [2.24, 2.45) is 0 Å². The fourth-order valence-electron chi connectivity index (χ4n) is 1.28. The topological polar surface area (TPSA) is 52.0 Å². The average Bonchev–Trinajstić information content (AvgIpc) is 2.36. The summed E-state index contributed by atoms with van der Waals surface area (Å²) >= 11 is 0. The molecule has 0 spiro atoms. The number of nitrogen functional groups attached to an aromatic ring is 2. The lowest BCUT2D eigenvalue weighted by atomic mass is 10.1. The minimum Gasteiger partial charge on any atom is -0.397 e. The van der Waals surface area contributed by atoms with Crippen molar-refractivity contribution in [2.45, 2.75) is 27.7 Å². The Labute approximate surface area is 98.3 Å². The predicted octanol–water partition coefficient (Wildman–Crippen LogP) is 4.06. The normalized spacial score (nSPS) is 8.50. The molecule has 0 fully saturated rings. The second-order valence-electron chi connectivity index (χ2n) is 2.83. The van der Waals surface area contributed by atoms with Gasteiger partial charge in [0, 0.05) is 0 Å². The zero-order chi connectivity index (χ0) is 12.6. The number of hydrogen-bond acceptors (Lipinski definition) is 2. The van der Waals surface area contributed by atoms with Gasteiger partial charge >= 0.3 is 0 Å². The maximum Gasteiger partial charge on any atom is 0.0554 e. The van der Waals surface area contributed by atoms with Gasteiger partial charge in [-0.05, 0) is 22.9 Å². The Morgan fingerprint density at radius 1 is 0.688 bits per heavy atom. The Bertz CT molecular complexity index is 382. The summed E-state index contributed by atoms with van der Waals surface area (Å²) in [5.74, 6) is 0. The summed E-state index contributed by atoms with van der Waals surface area (Å²) in [6, 6.07) is 11.8. The smallest absolute Gasteiger partial charge is 0.0554 e. The highest BCUT2D eigenvalue weighted by Crippen LogP contribution is 2.22. The van der Waals surface area contributed by atoms with Crippen molar-refractivity contribution in [3.8, 4) is 0 Å². The van der Waals surface area contributed by atoms with Gasteiger partial charge in [0.05, 0.1) is 11.4 Å². The van der Waals surface area contributed by atoms with E-state index in [4.69, 9.17) is 11.5 Å². The van der Waals surface area contributed by atoms with E-state index in [0.29, 0.717) is 11.4 Å². The summed E-state index contributed by atoms with van der Waals surface area (Å²) in [6.45, 7) is 8.00. The first kappa shape index (κ1) is 14.3. The van der Waals surface area contributed by atoms with Crippen molar-refractivity contribution in [3.05, 3.63) is 36.4 Å². The Balaban J connectivity index is 0.000000509. The van der Waals surface area contributed by atoms with E-state index in [-0.39, 0.29) is 0 Å². The summed E-state index contributed by atoms with van der Waals surface area (Å²) in [5, 5.41) is 2.26. The molecule has 88 valence electrons. The van der Waals surface area contributed by atoms with E-state index >= 15 is 0 Å². The van der Waals surface area contributed by atoms with Crippen LogP contribution in [0.4, 0.5) is 11.4 Å². The second kappa shape index (κ2) is 7.57. The van der Waals surface area contributed by atoms with Gasteiger partial charge in [0.2, 0.25) is 0 Å². The molecular weight excluding hydrogens is 196 g/mol. The summed E-state index contributed by atoms with van der Waals surface area (Å²) in [6.07, 6.45) is 0. The molecule has 16 heavy (non-hydrogen) atoms. The van der Waals surface area contributed by atoms with Gasteiger partial charge in [0.15, 0.2) is 0 Å². The van der Waals surface area contributed by atoms with Crippen LogP contribution in [0.3, 0.4) is 0 Å². The highest BCUT2D eigenvalue weighted by Gasteiger charge is 1.96. The third-order valence-electron chi connectivity index (χ3n) is 1.95. The van der Waals surface area contributed by atoms with Crippen LogP contribution in [0, 0.1) is 0 Å². The predicted molar refractivity (Wildman–Crippen MR) is 75.5 cm³/mol. The molecule has 0 radical (unpaired) electrons. The molecule has 0 heterocycles. The molecule has 0 saturated carbocycles. The van der Waals surface area contributed by atoms with E-state index in [2.05, 4.69) is 0 Å². The van der Waals surface area contributed by atoms with Crippen LogP contribution in [0.25, 0.3) is 10.8 Å². The SMILES string of the molecule is CC.CC.Nc1cc2ccccc2cc1N. The summed E-state index contributed by atoms with van der Waals surface area (Å²) in [5.41, 5.74) is 12.6. The van der Waals surface area contributed by atoms with Crippen molar-refractivity contribution >= 4 is 22.1 Å². The zero-order valence-electron chi connectivity index (χ0n) is 10.6. The number of rotatable bonds is 0. The van der Waals surface area contributed by atoms with Gasteiger partial charge in [0.1, 0.15) is 0 Å². The maximum absolute atomic E-state index is 5.66. The summed E-state index contributed by atoms with van der Waals surface area (Å²) < 4.78 is 0. The molecule has 0 aliphatic carbocycles. The Hall–Kier alpha value is -1.70. The van der Waals surface area contributed by atoms with Crippen LogP contribution >= 0.6 is 0 Å². The Morgan fingerprint density at radius 3 is 1.31 bits per heavy atom. The van der Waals surface area contributed by atoms with E-state index in [1.807, 2.05) is 64.1 Å². The lowest BCUT2D eigenvalue weighted by Gasteiger charge is -2.02. The first-order chi connectivity index (χ1) is 7.77. The Kier molecular flexibility index (Phi) is 6.77. The first-order valence-corrected chi connectivity index (χ1v) is 5.81. The van der Waals surface area contributed by atoms with E-state index in [1.54, 1.807) is 0 Å². The van der Waals surface area contributed by atoms with E-state index < -0.39 is 0 Å². The van der Waals surface area contributed by atoms with Crippen molar-refractivity contribution in [1.82, 2.24) is 0 Å². The number of anilines is 2. The van der Waals surface area contributed by atoms with Gasteiger partial charge in [-0.2, -0.15) is 0 Å². The largest absolute Gasteiger partial charge is 0.397 e. The standard InChI is InChI=1S/C10H10N2.2C2H6/c11-9-5-7-3-1-2-4-8(7)6-10(9)12;2*1-2/h1-6H,11-12H2;2*1-2H3. The number of hydrogen-bond donors (Lipinski definition) is 2. The highest BCUT2D eigenvalue weighted by molar-refractivity contribution is 5.90. The monoisotopic (exact) mass is 218 g/mol. The van der Waals surface area contributed by atoms with Crippen LogP contribution in [-0.4, -0.2) is 0 Å². The zero-order valence-corrected chi connectivity index (χ0v) is 10.6. The van der Waals surface area contributed by atoms with Gasteiger partial charge in [0.25, 0.3) is 0 Å². The van der Waals surface area contributed by atoms with E-state index in [9.17, 15) is 0 Å². The van der Waals surface area contributed by atoms with Gasteiger partial charge in [-0.3, -0.25) is 0 Å². The van der Waals surface area contributed by atoms with Crippen molar-refractivity contribution in [2.75, 3.05) is 11.5 Å². The molecule has 4 N–H and O–H groups in total. The second-order valence-corrected chi connectivity index (χ2v) is 2.83.